The molecule has 3 saturated carbocycles. The second-order valence-corrected chi connectivity index (χ2v) is 8.44. The molecule has 0 spiro atoms. The van der Waals surface area contributed by atoms with Crippen molar-refractivity contribution in [2.45, 2.75) is 89.6 Å². The van der Waals surface area contributed by atoms with Crippen LogP contribution in [0.5, 0.6) is 0 Å². The Kier molecular flexibility index (Phi) is 5.09. The lowest BCUT2D eigenvalue weighted by Gasteiger charge is -2.44. The third-order valence-corrected chi connectivity index (χ3v) is 6.92. The van der Waals surface area contributed by atoms with Crippen LogP contribution in [-0.4, -0.2) is 12.1 Å². The molecule has 3 fully saturated rings. The van der Waals surface area contributed by atoms with Crippen LogP contribution in [0.25, 0.3) is 0 Å². The summed E-state index contributed by atoms with van der Waals surface area (Å²) in [7, 11) is 0. The smallest absolute Gasteiger partial charge is 0.247 e. The summed E-state index contributed by atoms with van der Waals surface area (Å²) in [5.41, 5.74) is 0. The van der Waals surface area contributed by atoms with Gasteiger partial charge in [0.25, 0.3) is 5.92 Å². The lowest BCUT2D eigenvalue weighted by Crippen LogP contribution is -2.43. The van der Waals surface area contributed by atoms with Gasteiger partial charge in [0, 0.05) is 12.3 Å². The molecule has 0 saturated heterocycles. The predicted octanol–water partition coefficient (Wildman–Crippen LogP) is 6.39. The first kappa shape index (κ1) is 16.6. The Morgan fingerprint density at radius 1 is 0.682 bits per heavy atom. The molecule has 0 aromatic heterocycles. The van der Waals surface area contributed by atoms with Gasteiger partial charge in [-0.2, -0.15) is 0 Å². The van der Waals surface area contributed by atoms with Crippen molar-refractivity contribution in [1.82, 2.24) is 0 Å². The molecule has 22 heavy (non-hydrogen) atoms. The summed E-state index contributed by atoms with van der Waals surface area (Å²) in [4.78, 5) is 0. The molecule has 3 aliphatic carbocycles. The standard InChI is InChI=1S/C19H31F3/c1-13-2-4-14(5-3-13)16-8-11-18(19(21,22)12-16)15-6-9-17(20)10-7-15/h13-18H,2-12H2,1H3. The maximum absolute atomic E-state index is 14.7. The van der Waals surface area contributed by atoms with Crippen LogP contribution in [0.1, 0.15) is 77.6 Å². The molecule has 0 N–H and O–H groups in total. The number of hydrogen-bond acceptors (Lipinski definition) is 0. The summed E-state index contributed by atoms with van der Waals surface area (Å²) in [5.74, 6) is -1.38. The van der Waals surface area contributed by atoms with E-state index in [1.54, 1.807) is 0 Å². The molecule has 3 aliphatic rings. The van der Waals surface area contributed by atoms with Crippen molar-refractivity contribution in [3.8, 4) is 0 Å². The van der Waals surface area contributed by atoms with Gasteiger partial charge in [-0.1, -0.05) is 19.8 Å². The SMILES string of the molecule is CC1CCC(C2CCC(C3CCC(F)CC3)C(F)(F)C2)CC1. The summed E-state index contributed by atoms with van der Waals surface area (Å²) in [5, 5.41) is 0. The van der Waals surface area contributed by atoms with E-state index in [0.29, 0.717) is 38.0 Å². The van der Waals surface area contributed by atoms with E-state index in [2.05, 4.69) is 6.92 Å². The van der Waals surface area contributed by atoms with Crippen LogP contribution in [0.15, 0.2) is 0 Å². The first-order chi connectivity index (χ1) is 10.5. The fourth-order valence-electron chi connectivity index (χ4n) is 5.43. The van der Waals surface area contributed by atoms with Gasteiger partial charge in [0.1, 0.15) is 6.17 Å². The van der Waals surface area contributed by atoms with Crippen LogP contribution in [0.3, 0.4) is 0 Å². The molecule has 0 nitrogen and oxygen atoms in total. The van der Waals surface area contributed by atoms with Crippen LogP contribution >= 0.6 is 0 Å². The minimum absolute atomic E-state index is 0.0642. The topological polar surface area (TPSA) is 0 Å². The number of hydrogen-bond donors (Lipinski definition) is 0. The molecule has 0 amide bonds. The minimum Gasteiger partial charge on any atom is -0.247 e. The summed E-state index contributed by atoms with van der Waals surface area (Å²) < 4.78 is 42.7. The fraction of sp³-hybridized carbons (Fsp3) is 1.00. The molecule has 0 aromatic carbocycles. The van der Waals surface area contributed by atoms with Crippen LogP contribution in [0.2, 0.25) is 0 Å². The first-order valence-corrected chi connectivity index (χ1v) is 9.47. The van der Waals surface area contributed by atoms with Crippen molar-refractivity contribution in [3.05, 3.63) is 0 Å². The third-order valence-electron chi connectivity index (χ3n) is 6.92. The van der Waals surface area contributed by atoms with Gasteiger partial charge in [-0.25, -0.2) is 13.2 Å². The second kappa shape index (κ2) is 6.73. The van der Waals surface area contributed by atoms with Crippen LogP contribution in [0.4, 0.5) is 13.2 Å². The lowest BCUT2D eigenvalue weighted by atomic mass is 9.64. The highest BCUT2D eigenvalue weighted by Crippen LogP contribution is 2.51. The monoisotopic (exact) mass is 316 g/mol. The molecular weight excluding hydrogens is 285 g/mol. The van der Waals surface area contributed by atoms with Crippen molar-refractivity contribution in [2.24, 2.45) is 29.6 Å². The number of halogens is 3. The highest BCUT2D eigenvalue weighted by molar-refractivity contribution is 4.93. The van der Waals surface area contributed by atoms with E-state index in [4.69, 9.17) is 0 Å². The molecular formula is C19H31F3. The van der Waals surface area contributed by atoms with E-state index in [-0.39, 0.29) is 18.3 Å². The average Bonchev–Trinajstić information content (AvgIpc) is 2.48. The molecule has 3 rings (SSSR count). The Labute approximate surface area is 133 Å². The molecule has 2 unspecified atom stereocenters. The van der Waals surface area contributed by atoms with Crippen molar-refractivity contribution >= 4 is 0 Å². The van der Waals surface area contributed by atoms with Gasteiger partial charge in [-0.15, -0.1) is 0 Å². The zero-order valence-electron chi connectivity index (χ0n) is 13.9. The van der Waals surface area contributed by atoms with Gasteiger partial charge in [0.2, 0.25) is 0 Å². The minimum atomic E-state index is -2.51. The first-order valence-electron chi connectivity index (χ1n) is 9.47. The quantitative estimate of drug-likeness (QED) is 0.553. The summed E-state index contributed by atoms with van der Waals surface area (Å²) in [6.07, 6.45) is 8.10. The normalized spacial score (nSPS) is 46.4. The largest absolute Gasteiger partial charge is 0.251 e. The Balaban J connectivity index is 1.57. The molecule has 0 bridgehead atoms. The van der Waals surface area contributed by atoms with E-state index in [1.807, 2.05) is 0 Å². The van der Waals surface area contributed by atoms with Gasteiger partial charge in [-0.3, -0.25) is 0 Å². The van der Waals surface area contributed by atoms with E-state index in [0.717, 1.165) is 25.2 Å². The van der Waals surface area contributed by atoms with Crippen LogP contribution in [-0.2, 0) is 0 Å². The molecule has 0 radical (unpaired) electrons. The predicted molar refractivity (Wildman–Crippen MR) is 83.8 cm³/mol. The second-order valence-electron chi connectivity index (χ2n) is 8.44. The van der Waals surface area contributed by atoms with Crippen molar-refractivity contribution < 1.29 is 13.2 Å². The van der Waals surface area contributed by atoms with Crippen molar-refractivity contribution in [1.29, 1.82) is 0 Å². The number of rotatable bonds is 2. The number of alkyl halides is 3. The Bertz CT molecular complexity index is 352. The van der Waals surface area contributed by atoms with Crippen molar-refractivity contribution in [3.63, 3.8) is 0 Å². The highest BCUT2D eigenvalue weighted by atomic mass is 19.3. The van der Waals surface area contributed by atoms with Gasteiger partial charge < -0.3 is 0 Å². The molecule has 128 valence electrons. The average molecular weight is 316 g/mol. The molecule has 3 heteroatoms. The lowest BCUT2D eigenvalue weighted by molar-refractivity contribution is -0.136. The van der Waals surface area contributed by atoms with Gasteiger partial charge >= 0.3 is 0 Å². The molecule has 0 aromatic rings. The summed E-state index contributed by atoms with van der Waals surface area (Å²) >= 11 is 0. The van der Waals surface area contributed by atoms with E-state index < -0.39 is 18.0 Å². The summed E-state index contributed by atoms with van der Waals surface area (Å²) in [6.45, 7) is 2.28. The van der Waals surface area contributed by atoms with E-state index >= 15 is 0 Å². The Morgan fingerprint density at radius 2 is 1.23 bits per heavy atom. The van der Waals surface area contributed by atoms with Gasteiger partial charge in [-0.05, 0) is 75.0 Å². The zero-order valence-corrected chi connectivity index (χ0v) is 13.9. The maximum atomic E-state index is 14.7. The fourth-order valence-corrected chi connectivity index (χ4v) is 5.43. The molecule has 2 atom stereocenters. The summed E-state index contributed by atoms with van der Waals surface area (Å²) in [6, 6.07) is 0. The maximum Gasteiger partial charge on any atom is 0.251 e. The van der Waals surface area contributed by atoms with Gasteiger partial charge in [0.05, 0.1) is 0 Å². The van der Waals surface area contributed by atoms with Crippen molar-refractivity contribution in [2.75, 3.05) is 0 Å². The zero-order chi connectivity index (χ0) is 15.7. The highest BCUT2D eigenvalue weighted by Gasteiger charge is 2.50. The van der Waals surface area contributed by atoms with E-state index in [1.165, 1.54) is 12.8 Å². The Hall–Kier alpha value is -0.210. The van der Waals surface area contributed by atoms with E-state index in [9.17, 15) is 13.2 Å². The Morgan fingerprint density at radius 3 is 1.82 bits per heavy atom. The van der Waals surface area contributed by atoms with Gasteiger partial charge in [0.15, 0.2) is 0 Å². The van der Waals surface area contributed by atoms with Crippen LogP contribution in [0, 0.1) is 29.6 Å². The van der Waals surface area contributed by atoms with Crippen LogP contribution < -0.4 is 0 Å². The third kappa shape index (κ3) is 3.64. The molecule has 0 aliphatic heterocycles. The molecule has 0 heterocycles.